The quantitative estimate of drug-likeness (QED) is 0.407. The molecule has 1 atom stereocenters. The Morgan fingerprint density at radius 2 is 1.81 bits per heavy atom. The van der Waals surface area contributed by atoms with Gasteiger partial charge in [-0.15, -0.1) is 11.3 Å². The Hall–Kier alpha value is -2.71. The van der Waals surface area contributed by atoms with E-state index in [9.17, 15) is 9.59 Å². The van der Waals surface area contributed by atoms with Crippen LogP contribution >= 0.6 is 11.3 Å². The first-order valence-electron chi connectivity index (χ1n) is 13.6. The van der Waals surface area contributed by atoms with E-state index in [1.807, 2.05) is 23.1 Å². The highest BCUT2D eigenvalue weighted by Crippen LogP contribution is 2.28. The van der Waals surface area contributed by atoms with Gasteiger partial charge in [0, 0.05) is 49.1 Å². The van der Waals surface area contributed by atoms with Crippen molar-refractivity contribution < 1.29 is 9.59 Å². The number of fused-ring (bicyclic) bond motifs is 1. The van der Waals surface area contributed by atoms with E-state index in [1.165, 1.54) is 4.88 Å². The minimum absolute atomic E-state index is 0.0208. The standard InChI is InChI=1S/C29H41N5O2S/c1-6-22(7-2)34-26-11-10-21(18-24(26)30-27(34)19-23-9-8-16-37-23)28(35)31-25(17-20(3)4)29(36)33-14-12-32(5)13-15-33/h8-11,16,18,20,22,25H,6-7,12-15,17,19H2,1-5H3,(H,31,35)/t25-/m0/s1. The zero-order chi connectivity index (χ0) is 26.5. The smallest absolute Gasteiger partial charge is 0.252 e. The lowest BCUT2D eigenvalue weighted by Gasteiger charge is -2.35. The molecule has 8 heteroatoms. The molecular formula is C29H41N5O2S. The molecule has 7 nitrogen and oxygen atoms in total. The Morgan fingerprint density at radius 3 is 2.43 bits per heavy atom. The van der Waals surface area contributed by atoms with E-state index < -0.39 is 6.04 Å². The third kappa shape index (κ3) is 6.41. The van der Waals surface area contributed by atoms with Gasteiger partial charge in [-0.25, -0.2) is 4.98 Å². The number of piperazine rings is 1. The third-order valence-electron chi connectivity index (χ3n) is 7.37. The van der Waals surface area contributed by atoms with Crippen molar-refractivity contribution in [1.82, 2.24) is 24.7 Å². The Morgan fingerprint density at radius 1 is 1.08 bits per heavy atom. The fourth-order valence-electron chi connectivity index (χ4n) is 5.23. The van der Waals surface area contributed by atoms with E-state index >= 15 is 0 Å². The number of hydrogen-bond donors (Lipinski definition) is 1. The van der Waals surface area contributed by atoms with Gasteiger partial charge in [0.05, 0.1) is 11.0 Å². The van der Waals surface area contributed by atoms with Gasteiger partial charge in [-0.05, 0) is 61.9 Å². The molecule has 3 heterocycles. The number of imidazole rings is 1. The molecule has 37 heavy (non-hydrogen) atoms. The molecule has 1 saturated heterocycles. The zero-order valence-corrected chi connectivity index (χ0v) is 23.7. The number of aromatic nitrogens is 2. The molecule has 1 fully saturated rings. The molecule has 0 aliphatic carbocycles. The van der Waals surface area contributed by atoms with Crippen molar-refractivity contribution in [3.05, 3.63) is 52.0 Å². The molecular weight excluding hydrogens is 482 g/mol. The Bertz CT molecular complexity index is 1190. The summed E-state index contributed by atoms with van der Waals surface area (Å²) in [4.78, 5) is 37.1. The topological polar surface area (TPSA) is 70.5 Å². The largest absolute Gasteiger partial charge is 0.340 e. The van der Waals surface area contributed by atoms with Crippen molar-refractivity contribution in [3.63, 3.8) is 0 Å². The number of carbonyl (C=O) groups excluding carboxylic acids is 2. The monoisotopic (exact) mass is 523 g/mol. The van der Waals surface area contributed by atoms with Crippen molar-refractivity contribution in [1.29, 1.82) is 0 Å². The summed E-state index contributed by atoms with van der Waals surface area (Å²) >= 11 is 1.74. The molecule has 2 amide bonds. The van der Waals surface area contributed by atoms with E-state index in [2.05, 4.69) is 67.0 Å². The summed E-state index contributed by atoms with van der Waals surface area (Å²) in [5, 5.41) is 5.16. The highest BCUT2D eigenvalue weighted by Gasteiger charge is 2.29. The summed E-state index contributed by atoms with van der Waals surface area (Å²) in [7, 11) is 2.07. The van der Waals surface area contributed by atoms with Crippen LogP contribution in [-0.4, -0.2) is 70.4 Å². The van der Waals surface area contributed by atoms with Gasteiger partial charge in [-0.2, -0.15) is 0 Å². The molecule has 0 radical (unpaired) electrons. The van der Waals surface area contributed by atoms with Crippen LogP contribution in [-0.2, 0) is 11.2 Å². The molecule has 0 spiro atoms. The van der Waals surface area contributed by atoms with Crippen LogP contribution in [0.5, 0.6) is 0 Å². The van der Waals surface area contributed by atoms with Crippen molar-refractivity contribution in [2.24, 2.45) is 5.92 Å². The van der Waals surface area contributed by atoms with Crippen LogP contribution < -0.4 is 5.32 Å². The van der Waals surface area contributed by atoms with Gasteiger partial charge < -0.3 is 19.7 Å². The van der Waals surface area contributed by atoms with Crippen LogP contribution in [0.3, 0.4) is 0 Å². The van der Waals surface area contributed by atoms with Gasteiger partial charge in [0.15, 0.2) is 0 Å². The maximum atomic E-state index is 13.4. The van der Waals surface area contributed by atoms with Crippen molar-refractivity contribution in [2.45, 2.75) is 65.5 Å². The molecule has 0 saturated carbocycles. The number of benzene rings is 1. The predicted molar refractivity (Wildman–Crippen MR) is 151 cm³/mol. The number of thiophene rings is 1. The molecule has 1 aromatic carbocycles. The number of rotatable bonds is 10. The van der Waals surface area contributed by atoms with E-state index in [1.54, 1.807) is 11.3 Å². The average molecular weight is 524 g/mol. The van der Waals surface area contributed by atoms with Crippen LogP contribution in [0.2, 0.25) is 0 Å². The molecule has 0 bridgehead atoms. The van der Waals surface area contributed by atoms with Crippen LogP contribution in [0.4, 0.5) is 0 Å². The Labute approximate surface area is 224 Å². The number of nitrogens with zero attached hydrogens (tertiary/aromatic N) is 4. The van der Waals surface area contributed by atoms with Crippen molar-refractivity contribution >= 4 is 34.2 Å². The molecule has 1 N–H and O–H groups in total. The second kappa shape index (κ2) is 12.2. The molecule has 2 aromatic heterocycles. The van der Waals surface area contributed by atoms with Crippen LogP contribution in [0, 0.1) is 5.92 Å². The summed E-state index contributed by atoms with van der Waals surface area (Å²) in [5.74, 6) is 1.13. The van der Waals surface area contributed by atoms with Crippen LogP contribution in [0.15, 0.2) is 35.7 Å². The molecule has 0 unspecified atom stereocenters. The summed E-state index contributed by atoms with van der Waals surface area (Å²) in [6.45, 7) is 11.7. The lowest BCUT2D eigenvalue weighted by atomic mass is 10.0. The molecule has 3 aromatic rings. The van der Waals surface area contributed by atoms with E-state index in [0.717, 1.165) is 49.2 Å². The molecule has 200 valence electrons. The van der Waals surface area contributed by atoms with Crippen LogP contribution in [0.25, 0.3) is 11.0 Å². The first-order valence-corrected chi connectivity index (χ1v) is 14.5. The molecule has 1 aliphatic heterocycles. The number of amides is 2. The third-order valence-corrected chi connectivity index (χ3v) is 8.25. The zero-order valence-electron chi connectivity index (χ0n) is 22.9. The minimum atomic E-state index is -0.525. The van der Waals surface area contributed by atoms with Gasteiger partial charge in [0.1, 0.15) is 11.9 Å². The highest BCUT2D eigenvalue weighted by molar-refractivity contribution is 7.09. The Kier molecular flexibility index (Phi) is 9.03. The van der Waals surface area contributed by atoms with Gasteiger partial charge in [0.25, 0.3) is 5.91 Å². The summed E-state index contributed by atoms with van der Waals surface area (Å²) < 4.78 is 2.36. The van der Waals surface area contributed by atoms with Gasteiger partial charge in [-0.1, -0.05) is 33.8 Å². The van der Waals surface area contributed by atoms with Crippen molar-refractivity contribution in [2.75, 3.05) is 33.2 Å². The summed E-state index contributed by atoms with van der Waals surface area (Å²) in [6.07, 6.45) is 3.44. The van der Waals surface area contributed by atoms with Gasteiger partial charge >= 0.3 is 0 Å². The fourth-order valence-corrected chi connectivity index (χ4v) is 5.93. The Balaban J connectivity index is 1.59. The van der Waals surface area contributed by atoms with E-state index in [-0.39, 0.29) is 11.8 Å². The number of nitrogens with one attached hydrogen (secondary N) is 1. The maximum absolute atomic E-state index is 13.4. The predicted octanol–water partition coefficient (Wildman–Crippen LogP) is 4.97. The first kappa shape index (κ1) is 27.3. The van der Waals surface area contributed by atoms with Crippen LogP contribution in [0.1, 0.15) is 74.1 Å². The van der Waals surface area contributed by atoms with Gasteiger partial charge in [-0.3, -0.25) is 9.59 Å². The lowest BCUT2D eigenvalue weighted by Crippen LogP contribution is -2.54. The second-order valence-electron chi connectivity index (χ2n) is 10.6. The fraction of sp³-hybridized carbons (Fsp3) is 0.552. The van der Waals surface area contributed by atoms with E-state index in [0.29, 0.717) is 37.0 Å². The van der Waals surface area contributed by atoms with Gasteiger partial charge in [0.2, 0.25) is 5.91 Å². The SMILES string of the molecule is CCC(CC)n1c(Cc2cccs2)nc2cc(C(=O)N[C@@H](CC(C)C)C(=O)N3CCN(C)CC3)ccc21. The van der Waals surface area contributed by atoms with Crippen molar-refractivity contribution in [3.8, 4) is 0 Å². The number of hydrogen-bond acceptors (Lipinski definition) is 5. The normalized spacial score (nSPS) is 15.6. The molecule has 1 aliphatic rings. The lowest BCUT2D eigenvalue weighted by molar-refractivity contribution is -0.135. The summed E-state index contributed by atoms with van der Waals surface area (Å²) in [6, 6.07) is 9.83. The second-order valence-corrected chi connectivity index (χ2v) is 11.6. The first-order chi connectivity index (χ1) is 17.8. The highest BCUT2D eigenvalue weighted by atomic mass is 32.1. The maximum Gasteiger partial charge on any atom is 0.252 e. The van der Waals surface area contributed by atoms with E-state index in [4.69, 9.17) is 4.98 Å². The summed E-state index contributed by atoms with van der Waals surface area (Å²) in [5.41, 5.74) is 2.44. The average Bonchev–Trinajstić information content (AvgIpc) is 3.52. The number of carbonyl (C=O) groups is 2. The number of likely N-dealkylation sites (N-methyl/N-ethyl adjacent to an activating group) is 1. The minimum Gasteiger partial charge on any atom is -0.340 e. The molecule has 4 rings (SSSR count).